The Labute approximate surface area is 128 Å². The molecule has 1 amide bonds. The van der Waals surface area contributed by atoms with E-state index in [-0.39, 0.29) is 10.6 Å². The first-order chi connectivity index (χ1) is 10.0. The zero-order valence-corrected chi connectivity index (χ0v) is 12.1. The first-order valence-corrected chi connectivity index (χ1v) is 7.15. The summed E-state index contributed by atoms with van der Waals surface area (Å²) in [5.74, 6) is -1.15. The lowest BCUT2D eigenvalue weighted by Gasteiger charge is -2.04. The fourth-order valence-corrected chi connectivity index (χ4v) is 2.96. The smallest absolute Gasteiger partial charge is 0.259 e. The van der Waals surface area contributed by atoms with Crippen molar-refractivity contribution >= 4 is 49.9 Å². The largest absolute Gasteiger partial charge is 0.399 e. The predicted octanol–water partition coefficient (Wildman–Crippen LogP) is 3.92. The average molecular weight is 322 g/mol. The van der Waals surface area contributed by atoms with Crippen LogP contribution in [0.2, 0.25) is 5.02 Å². The Bertz CT molecular complexity index is 849. The maximum absolute atomic E-state index is 13.4. The summed E-state index contributed by atoms with van der Waals surface area (Å²) < 4.78 is 14.2. The second kappa shape index (κ2) is 5.31. The summed E-state index contributed by atoms with van der Waals surface area (Å²) in [5.41, 5.74) is 7.11. The van der Waals surface area contributed by atoms with Crippen molar-refractivity contribution in [3.8, 4) is 0 Å². The Morgan fingerprint density at radius 1 is 1.33 bits per heavy atom. The van der Waals surface area contributed by atoms with Crippen molar-refractivity contribution in [2.45, 2.75) is 0 Å². The van der Waals surface area contributed by atoms with E-state index in [1.54, 1.807) is 18.2 Å². The van der Waals surface area contributed by atoms with Gasteiger partial charge in [0.05, 0.1) is 20.8 Å². The zero-order valence-electron chi connectivity index (χ0n) is 10.6. The number of rotatable bonds is 2. The molecular weight excluding hydrogens is 313 g/mol. The summed E-state index contributed by atoms with van der Waals surface area (Å²) in [4.78, 5) is 16.4. The molecule has 1 heterocycles. The molecule has 4 nitrogen and oxygen atoms in total. The molecule has 1 aromatic heterocycles. The van der Waals surface area contributed by atoms with E-state index in [2.05, 4.69) is 10.3 Å². The standard InChI is InChI=1S/C14H9ClFN3OS/c15-12-8(2-1-3-9(12)16)13(20)19-14-18-10-5-4-7(17)6-11(10)21-14/h1-6H,17H2,(H,18,19,20). The first kappa shape index (κ1) is 13.8. The first-order valence-electron chi connectivity index (χ1n) is 5.96. The van der Waals surface area contributed by atoms with Gasteiger partial charge < -0.3 is 5.73 Å². The van der Waals surface area contributed by atoms with E-state index < -0.39 is 11.7 Å². The van der Waals surface area contributed by atoms with Gasteiger partial charge in [0, 0.05) is 5.69 Å². The normalized spacial score (nSPS) is 10.8. The highest BCUT2D eigenvalue weighted by Gasteiger charge is 2.15. The van der Waals surface area contributed by atoms with Gasteiger partial charge in [0.2, 0.25) is 0 Å². The van der Waals surface area contributed by atoms with Crippen LogP contribution in [0.3, 0.4) is 0 Å². The molecule has 0 saturated carbocycles. The highest BCUT2D eigenvalue weighted by Crippen LogP contribution is 2.28. The lowest BCUT2D eigenvalue weighted by molar-refractivity contribution is 0.102. The van der Waals surface area contributed by atoms with Gasteiger partial charge in [0.15, 0.2) is 5.13 Å². The van der Waals surface area contributed by atoms with E-state index >= 15 is 0 Å². The van der Waals surface area contributed by atoms with Gasteiger partial charge in [0.1, 0.15) is 5.82 Å². The van der Waals surface area contributed by atoms with E-state index in [1.165, 1.54) is 29.5 Å². The number of nitrogen functional groups attached to an aromatic ring is 1. The molecule has 0 atom stereocenters. The third-order valence-electron chi connectivity index (χ3n) is 2.83. The van der Waals surface area contributed by atoms with Crippen molar-refractivity contribution in [1.82, 2.24) is 4.98 Å². The van der Waals surface area contributed by atoms with E-state index in [0.717, 1.165) is 10.2 Å². The van der Waals surface area contributed by atoms with Gasteiger partial charge in [0.25, 0.3) is 5.91 Å². The van der Waals surface area contributed by atoms with Gasteiger partial charge in [-0.25, -0.2) is 9.37 Å². The lowest BCUT2D eigenvalue weighted by Crippen LogP contribution is -2.12. The van der Waals surface area contributed by atoms with Crippen LogP contribution in [0.5, 0.6) is 0 Å². The van der Waals surface area contributed by atoms with Crippen molar-refractivity contribution < 1.29 is 9.18 Å². The van der Waals surface area contributed by atoms with Crippen LogP contribution >= 0.6 is 22.9 Å². The molecule has 3 aromatic rings. The minimum atomic E-state index is -0.638. The number of hydrogen-bond donors (Lipinski definition) is 2. The summed E-state index contributed by atoms with van der Waals surface area (Å²) >= 11 is 7.07. The number of nitrogens with zero attached hydrogens (tertiary/aromatic N) is 1. The lowest BCUT2D eigenvalue weighted by atomic mass is 10.2. The maximum atomic E-state index is 13.4. The molecular formula is C14H9ClFN3OS. The van der Waals surface area contributed by atoms with Crippen LogP contribution < -0.4 is 11.1 Å². The summed E-state index contributed by atoms with van der Waals surface area (Å²) in [5, 5.41) is 2.81. The van der Waals surface area contributed by atoms with Crippen LogP contribution in [0.1, 0.15) is 10.4 Å². The molecule has 0 aliphatic rings. The predicted molar refractivity (Wildman–Crippen MR) is 83.4 cm³/mol. The number of carbonyl (C=O) groups excluding carboxylic acids is 1. The molecule has 0 unspecified atom stereocenters. The van der Waals surface area contributed by atoms with E-state index in [1.807, 2.05) is 0 Å². The van der Waals surface area contributed by atoms with Crippen LogP contribution in [0.25, 0.3) is 10.2 Å². The van der Waals surface area contributed by atoms with Gasteiger partial charge in [-0.15, -0.1) is 0 Å². The second-order valence-corrected chi connectivity index (χ2v) is 5.71. The van der Waals surface area contributed by atoms with Crippen molar-refractivity contribution in [3.05, 3.63) is 52.8 Å². The van der Waals surface area contributed by atoms with E-state index in [9.17, 15) is 9.18 Å². The van der Waals surface area contributed by atoms with Crippen molar-refractivity contribution in [3.63, 3.8) is 0 Å². The number of fused-ring (bicyclic) bond motifs is 1. The molecule has 0 fully saturated rings. The van der Waals surface area contributed by atoms with Crippen molar-refractivity contribution in [2.24, 2.45) is 0 Å². The van der Waals surface area contributed by atoms with Crippen molar-refractivity contribution in [2.75, 3.05) is 11.1 Å². The number of benzene rings is 2. The fraction of sp³-hybridized carbons (Fsp3) is 0. The van der Waals surface area contributed by atoms with Crippen LogP contribution in [0.15, 0.2) is 36.4 Å². The van der Waals surface area contributed by atoms with Gasteiger partial charge in [-0.05, 0) is 30.3 Å². The van der Waals surface area contributed by atoms with Crippen LogP contribution in [0.4, 0.5) is 15.2 Å². The van der Waals surface area contributed by atoms with E-state index in [0.29, 0.717) is 10.8 Å². The molecule has 0 spiro atoms. The summed E-state index contributed by atoms with van der Waals surface area (Å²) in [6.07, 6.45) is 0. The Morgan fingerprint density at radius 2 is 2.14 bits per heavy atom. The van der Waals surface area contributed by atoms with Gasteiger partial charge in [-0.3, -0.25) is 10.1 Å². The minimum absolute atomic E-state index is 0.0652. The zero-order chi connectivity index (χ0) is 15.0. The highest BCUT2D eigenvalue weighted by molar-refractivity contribution is 7.22. The fourth-order valence-electron chi connectivity index (χ4n) is 1.84. The molecule has 2 aromatic carbocycles. The number of carbonyl (C=O) groups is 1. The molecule has 3 N–H and O–H groups in total. The quantitative estimate of drug-likeness (QED) is 0.703. The Hall–Kier alpha value is -2.18. The maximum Gasteiger partial charge on any atom is 0.259 e. The Kier molecular flexibility index (Phi) is 3.48. The minimum Gasteiger partial charge on any atom is -0.399 e. The molecule has 0 aliphatic carbocycles. The molecule has 0 saturated heterocycles. The molecule has 0 radical (unpaired) electrons. The number of amides is 1. The third kappa shape index (κ3) is 2.68. The summed E-state index contributed by atoms with van der Waals surface area (Å²) in [6, 6.07) is 9.35. The molecule has 0 aliphatic heterocycles. The van der Waals surface area contributed by atoms with Crippen LogP contribution in [0, 0.1) is 5.82 Å². The molecule has 21 heavy (non-hydrogen) atoms. The molecule has 0 bridgehead atoms. The van der Waals surface area contributed by atoms with Crippen LogP contribution in [-0.4, -0.2) is 10.9 Å². The molecule has 7 heteroatoms. The van der Waals surface area contributed by atoms with E-state index in [4.69, 9.17) is 17.3 Å². The van der Waals surface area contributed by atoms with Gasteiger partial charge in [-0.2, -0.15) is 0 Å². The van der Waals surface area contributed by atoms with Gasteiger partial charge in [-0.1, -0.05) is 29.0 Å². The van der Waals surface area contributed by atoms with Crippen molar-refractivity contribution in [1.29, 1.82) is 0 Å². The van der Waals surface area contributed by atoms with Crippen LogP contribution in [-0.2, 0) is 0 Å². The average Bonchev–Trinajstić information content (AvgIpc) is 2.83. The topological polar surface area (TPSA) is 68.0 Å². The number of halogens is 2. The summed E-state index contributed by atoms with van der Waals surface area (Å²) in [7, 11) is 0. The number of nitrogens with one attached hydrogen (secondary N) is 1. The number of aromatic nitrogens is 1. The Balaban J connectivity index is 1.91. The number of anilines is 2. The highest BCUT2D eigenvalue weighted by atomic mass is 35.5. The molecule has 3 rings (SSSR count). The third-order valence-corrected chi connectivity index (χ3v) is 4.15. The number of nitrogens with two attached hydrogens (primary N) is 1. The Morgan fingerprint density at radius 3 is 2.95 bits per heavy atom. The summed E-state index contributed by atoms with van der Waals surface area (Å²) in [6.45, 7) is 0. The molecule has 106 valence electrons. The SMILES string of the molecule is Nc1ccc2nc(NC(=O)c3cccc(F)c3Cl)sc2c1. The second-order valence-electron chi connectivity index (χ2n) is 4.30. The number of hydrogen-bond acceptors (Lipinski definition) is 4. The van der Waals surface area contributed by atoms with Gasteiger partial charge >= 0.3 is 0 Å². The monoisotopic (exact) mass is 321 g/mol. The number of thiazole rings is 1.